The second kappa shape index (κ2) is 6.90. The van der Waals surface area contributed by atoms with Crippen LogP contribution in [-0.4, -0.2) is 27.3 Å². The van der Waals surface area contributed by atoms with E-state index < -0.39 is 0 Å². The molecule has 0 atom stereocenters. The van der Waals surface area contributed by atoms with Gasteiger partial charge in [0, 0.05) is 12.1 Å². The summed E-state index contributed by atoms with van der Waals surface area (Å²) in [4.78, 5) is 0. The molecule has 0 spiro atoms. The molecule has 0 unspecified atom stereocenters. The van der Waals surface area contributed by atoms with E-state index in [-0.39, 0.29) is 0 Å². The van der Waals surface area contributed by atoms with Crippen molar-refractivity contribution in [3.8, 4) is 11.5 Å². The number of methoxy groups -OCH3 is 1. The van der Waals surface area contributed by atoms with E-state index in [1.54, 1.807) is 7.11 Å². The highest BCUT2D eigenvalue weighted by atomic mass is 16.5. The van der Waals surface area contributed by atoms with E-state index in [1.165, 1.54) is 0 Å². The van der Waals surface area contributed by atoms with E-state index in [4.69, 9.17) is 9.47 Å². The normalized spacial score (nSPS) is 10.7. The zero-order chi connectivity index (χ0) is 11.8. The second-order valence-corrected chi connectivity index (χ2v) is 3.27. The molecule has 0 saturated heterocycles. The van der Waals surface area contributed by atoms with Gasteiger partial charge in [-0.15, -0.1) is 0 Å². The molecule has 3 heteroatoms. The van der Waals surface area contributed by atoms with Gasteiger partial charge >= 0.3 is 0 Å². The smallest absolute Gasteiger partial charge is 0.167 e. The molecule has 0 bridgehead atoms. The molecule has 1 N–H and O–H groups in total. The number of ether oxygens (including phenoxy) is 2. The maximum atomic E-state index is 5.50. The predicted molar refractivity (Wildman–Crippen MR) is 67.1 cm³/mol. The molecule has 0 aliphatic heterocycles. The molecule has 0 aromatic heterocycles. The summed E-state index contributed by atoms with van der Waals surface area (Å²) in [5.74, 6) is 1.58. The number of nitrogens with one attached hydrogen (secondary N) is 1. The molecule has 0 aliphatic carbocycles. The lowest BCUT2D eigenvalue weighted by molar-refractivity contribution is 0.310. The maximum Gasteiger partial charge on any atom is 0.167 e. The molecule has 0 aliphatic rings. The quantitative estimate of drug-likeness (QED) is 0.799. The van der Waals surface area contributed by atoms with Crippen LogP contribution in [0.1, 0.15) is 12.5 Å². The van der Waals surface area contributed by atoms with E-state index in [9.17, 15) is 0 Å². The first-order valence-corrected chi connectivity index (χ1v) is 5.44. The van der Waals surface area contributed by atoms with Crippen LogP contribution in [-0.2, 0) is 0 Å². The largest absolute Gasteiger partial charge is 0.492 e. The third kappa shape index (κ3) is 3.28. The van der Waals surface area contributed by atoms with E-state index in [0.29, 0.717) is 6.61 Å². The second-order valence-electron chi connectivity index (χ2n) is 3.27. The Morgan fingerprint density at radius 2 is 2.19 bits per heavy atom. The Morgan fingerprint density at radius 3 is 2.81 bits per heavy atom. The van der Waals surface area contributed by atoms with Gasteiger partial charge in [0.25, 0.3) is 0 Å². The van der Waals surface area contributed by atoms with E-state index in [0.717, 1.165) is 23.6 Å². The van der Waals surface area contributed by atoms with Gasteiger partial charge in [0.15, 0.2) is 11.5 Å². The van der Waals surface area contributed by atoms with Crippen molar-refractivity contribution in [1.29, 1.82) is 0 Å². The molecule has 16 heavy (non-hydrogen) atoms. The first-order chi connectivity index (χ1) is 7.83. The Labute approximate surface area is 97.1 Å². The highest BCUT2D eigenvalue weighted by Gasteiger charge is 2.06. The van der Waals surface area contributed by atoms with Gasteiger partial charge in [-0.2, -0.15) is 0 Å². The van der Waals surface area contributed by atoms with Gasteiger partial charge in [0.2, 0.25) is 0 Å². The number of benzene rings is 1. The van der Waals surface area contributed by atoms with Crippen molar-refractivity contribution in [1.82, 2.24) is 5.32 Å². The zero-order valence-electron chi connectivity index (χ0n) is 10.1. The van der Waals surface area contributed by atoms with Crippen molar-refractivity contribution in [3.05, 3.63) is 29.8 Å². The van der Waals surface area contributed by atoms with Crippen LogP contribution in [0.15, 0.2) is 24.3 Å². The van der Waals surface area contributed by atoms with Crippen LogP contribution >= 0.6 is 0 Å². The summed E-state index contributed by atoms with van der Waals surface area (Å²) in [6, 6.07) is 5.89. The molecule has 0 fully saturated rings. The lowest BCUT2D eigenvalue weighted by Crippen LogP contribution is -2.03. The molecule has 0 amide bonds. The summed E-state index contributed by atoms with van der Waals surface area (Å²) in [5.41, 5.74) is 1.03. The first kappa shape index (κ1) is 12.6. The number of hydrogen-bond donors (Lipinski definition) is 1. The van der Waals surface area contributed by atoms with Crippen LogP contribution in [0, 0.1) is 0 Å². The fraction of sp³-hybridized carbons (Fsp3) is 0.385. The molecule has 1 aromatic carbocycles. The number of rotatable bonds is 6. The average Bonchev–Trinajstić information content (AvgIpc) is 2.30. The standard InChI is InChI=1S/C13H19NO2/c1-4-16-12-9-5-7-11(13(12)15-3)8-6-10-14-2/h5-9,14H,4,10H2,1-3H3. The molecule has 1 rings (SSSR count). The van der Waals surface area contributed by atoms with Gasteiger partial charge in [-0.1, -0.05) is 24.3 Å². The number of para-hydroxylation sites is 1. The van der Waals surface area contributed by atoms with Crippen molar-refractivity contribution in [2.75, 3.05) is 27.3 Å². The zero-order valence-corrected chi connectivity index (χ0v) is 10.1. The van der Waals surface area contributed by atoms with Crippen LogP contribution in [0.3, 0.4) is 0 Å². The van der Waals surface area contributed by atoms with Gasteiger partial charge in [-0.25, -0.2) is 0 Å². The lowest BCUT2D eigenvalue weighted by atomic mass is 10.1. The molecule has 0 radical (unpaired) electrons. The topological polar surface area (TPSA) is 30.5 Å². The average molecular weight is 221 g/mol. The third-order valence-corrected chi connectivity index (χ3v) is 2.13. The highest BCUT2D eigenvalue weighted by Crippen LogP contribution is 2.31. The summed E-state index contributed by atoms with van der Waals surface area (Å²) in [7, 11) is 3.57. The highest BCUT2D eigenvalue weighted by molar-refractivity contribution is 5.62. The molecule has 0 heterocycles. The summed E-state index contributed by atoms with van der Waals surface area (Å²) in [6.07, 6.45) is 4.07. The first-order valence-electron chi connectivity index (χ1n) is 5.44. The third-order valence-electron chi connectivity index (χ3n) is 2.13. The van der Waals surface area contributed by atoms with Crippen LogP contribution in [0.2, 0.25) is 0 Å². The summed E-state index contributed by atoms with van der Waals surface area (Å²) >= 11 is 0. The van der Waals surface area contributed by atoms with E-state index >= 15 is 0 Å². The van der Waals surface area contributed by atoms with E-state index in [2.05, 4.69) is 5.32 Å². The Balaban J connectivity index is 2.94. The van der Waals surface area contributed by atoms with Gasteiger partial charge in [0.05, 0.1) is 13.7 Å². The maximum absolute atomic E-state index is 5.50. The van der Waals surface area contributed by atoms with Crippen molar-refractivity contribution in [2.24, 2.45) is 0 Å². The van der Waals surface area contributed by atoms with Crippen molar-refractivity contribution < 1.29 is 9.47 Å². The van der Waals surface area contributed by atoms with Crippen molar-refractivity contribution in [3.63, 3.8) is 0 Å². The minimum atomic E-state index is 0.639. The summed E-state index contributed by atoms with van der Waals surface area (Å²) < 4.78 is 10.9. The number of likely N-dealkylation sites (N-methyl/N-ethyl adjacent to an activating group) is 1. The van der Waals surface area contributed by atoms with Crippen molar-refractivity contribution >= 4 is 6.08 Å². The van der Waals surface area contributed by atoms with Crippen LogP contribution in [0.4, 0.5) is 0 Å². The van der Waals surface area contributed by atoms with Gasteiger partial charge in [-0.3, -0.25) is 0 Å². The lowest BCUT2D eigenvalue weighted by Gasteiger charge is -2.11. The van der Waals surface area contributed by atoms with Crippen LogP contribution in [0.25, 0.3) is 6.08 Å². The fourth-order valence-electron chi connectivity index (χ4n) is 1.46. The summed E-state index contributed by atoms with van der Waals surface area (Å²) in [5, 5.41) is 3.06. The molecular formula is C13H19NO2. The van der Waals surface area contributed by atoms with Crippen molar-refractivity contribution in [2.45, 2.75) is 6.92 Å². The van der Waals surface area contributed by atoms with E-state index in [1.807, 2.05) is 44.3 Å². The Kier molecular flexibility index (Phi) is 5.43. The molecular weight excluding hydrogens is 202 g/mol. The van der Waals surface area contributed by atoms with Gasteiger partial charge in [-0.05, 0) is 20.0 Å². The monoisotopic (exact) mass is 221 g/mol. The molecule has 88 valence electrons. The Hall–Kier alpha value is -1.48. The SMILES string of the molecule is CCOc1cccc(C=CCNC)c1OC. The predicted octanol–water partition coefficient (Wildman–Crippen LogP) is 2.33. The Morgan fingerprint density at radius 1 is 1.38 bits per heavy atom. The molecule has 1 aromatic rings. The minimum Gasteiger partial charge on any atom is -0.492 e. The van der Waals surface area contributed by atoms with Gasteiger partial charge < -0.3 is 14.8 Å². The van der Waals surface area contributed by atoms with Crippen LogP contribution < -0.4 is 14.8 Å². The fourth-order valence-corrected chi connectivity index (χ4v) is 1.46. The molecule has 0 saturated carbocycles. The molecule has 3 nitrogen and oxygen atoms in total. The number of hydrogen-bond acceptors (Lipinski definition) is 3. The summed E-state index contributed by atoms with van der Waals surface area (Å²) in [6.45, 7) is 3.44. The Bertz CT molecular complexity index is 348. The van der Waals surface area contributed by atoms with Gasteiger partial charge in [0.1, 0.15) is 0 Å². The minimum absolute atomic E-state index is 0.639. The van der Waals surface area contributed by atoms with Crippen LogP contribution in [0.5, 0.6) is 11.5 Å².